The zero-order valence-corrected chi connectivity index (χ0v) is 7.98. The number of halogens is 2. The lowest BCUT2D eigenvalue weighted by atomic mass is 10.8. The Morgan fingerprint density at radius 3 is 1.89 bits per heavy atom. The second-order valence-corrected chi connectivity index (χ2v) is 2.18. The number of hydrogen-bond acceptors (Lipinski definition) is 1. The van der Waals surface area contributed by atoms with Crippen molar-refractivity contribution in [3.05, 3.63) is 12.7 Å². The van der Waals surface area contributed by atoms with E-state index in [1.54, 1.807) is 6.08 Å². The number of carboxylic acid groups (broad SMARTS) is 1. The van der Waals surface area contributed by atoms with Crippen molar-refractivity contribution in [2.75, 3.05) is 10.7 Å². The van der Waals surface area contributed by atoms with Crippen LogP contribution in [0.1, 0.15) is 0 Å². The van der Waals surface area contributed by atoms with Gasteiger partial charge in [-0.25, -0.2) is 0 Å². The SMILES string of the molecule is C=CCBr.O=C(O)CBr. The number of hydrogen-bond donors (Lipinski definition) is 1. The average molecular weight is 260 g/mol. The molecule has 0 bridgehead atoms. The first-order valence-corrected chi connectivity index (χ1v) is 4.38. The molecule has 0 heterocycles. The van der Waals surface area contributed by atoms with Crippen molar-refractivity contribution in [1.82, 2.24) is 0 Å². The molecule has 0 spiro atoms. The molecule has 2 nitrogen and oxygen atoms in total. The van der Waals surface area contributed by atoms with Gasteiger partial charge in [0.25, 0.3) is 0 Å². The van der Waals surface area contributed by atoms with Crippen molar-refractivity contribution in [1.29, 1.82) is 0 Å². The van der Waals surface area contributed by atoms with Gasteiger partial charge in [-0.3, -0.25) is 4.79 Å². The smallest absolute Gasteiger partial charge is 0.314 e. The van der Waals surface area contributed by atoms with Crippen molar-refractivity contribution in [2.45, 2.75) is 0 Å². The normalized spacial score (nSPS) is 6.89. The molecule has 0 aromatic heterocycles. The summed E-state index contributed by atoms with van der Waals surface area (Å²) in [6, 6.07) is 0. The van der Waals surface area contributed by atoms with Gasteiger partial charge in [0.05, 0.1) is 0 Å². The number of aliphatic carboxylic acids is 1. The highest BCUT2D eigenvalue weighted by molar-refractivity contribution is 9.09. The molecule has 4 heteroatoms. The van der Waals surface area contributed by atoms with Gasteiger partial charge in [0, 0.05) is 5.33 Å². The topological polar surface area (TPSA) is 37.3 Å². The Bertz CT molecular complexity index is 83.0. The van der Waals surface area contributed by atoms with Gasteiger partial charge in [-0.05, 0) is 0 Å². The third-order valence-electron chi connectivity index (χ3n) is 0.223. The van der Waals surface area contributed by atoms with E-state index < -0.39 is 5.97 Å². The van der Waals surface area contributed by atoms with Gasteiger partial charge in [-0.2, -0.15) is 0 Å². The first kappa shape index (κ1) is 11.9. The summed E-state index contributed by atoms with van der Waals surface area (Å²) in [4.78, 5) is 9.32. The van der Waals surface area contributed by atoms with E-state index in [4.69, 9.17) is 5.11 Å². The van der Waals surface area contributed by atoms with E-state index in [-0.39, 0.29) is 5.33 Å². The second-order valence-electron chi connectivity index (χ2n) is 0.970. The van der Waals surface area contributed by atoms with E-state index in [0.29, 0.717) is 0 Å². The fourth-order valence-corrected chi connectivity index (χ4v) is 0. The molecule has 54 valence electrons. The molecule has 0 aliphatic carbocycles. The van der Waals surface area contributed by atoms with Crippen molar-refractivity contribution < 1.29 is 9.90 Å². The van der Waals surface area contributed by atoms with Crippen LogP contribution in [-0.2, 0) is 4.79 Å². The van der Waals surface area contributed by atoms with Gasteiger partial charge in [-0.15, -0.1) is 6.58 Å². The van der Waals surface area contributed by atoms with E-state index in [1.165, 1.54) is 0 Å². The lowest BCUT2D eigenvalue weighted by Crippen LogP contribution is -1.92. The molecular formula is C5H8Br2O2. The Morgan fingerprint density at radius 2 is 1.89 bits per heavy atom. The Morgan fingerprint density at radius 1 is 1.67 bits per heavy atom. The summed E-state index contributed by atoms with van der Waals surface area (Å²) >= 11 is 5.84. The van der Waals surface area contributed by atoms with Crippen molar-refractivity contribution in [3.63, 3.8) is 0 Å². The molecule has 0 rings (SSSR count). The van der Waals surface area contributed by atoms with Crippen LogP contribution < -0.4 is 0 Å². The molecular weight excluding hydrogens is 252 g/mol. The Hall–Kier alpha value is 0.170. The second kappa shape index (κ2) is 11.0. The van der Waals surface area contributed by atoms with Crippen LogP contribution in [0.3, 0.4) is 0 Å². The highest BCUT2D eigenvalue weighted by Crippen LogP contribution is 1.73. The maximum Gasteiger partial charge on any atom is 0.314 e. The summed E-state index contributed by atoms with van der Waals surface area (Å²) in [5, 5.41) is 8.61. The summed E-state index contributed by atoms with van der Waals surface area (Å²) < 4.78 is 0. The first-order chi connectivity index (χ1) is 4.18. The van der Waals surface area contributed by atoms with Crippen LogP contribution in [0.15, 0.2) is 12.7 Å². The zero-order chi connectivity index (χ0) is 7.70. The fourth-order valence-electron chi connectivity index (χ4n) is 0. The van der Waals surface area contributed by atoms with E-state index in [0.717, 1.165) is 5.33 Å². The summed E-state index contributed by atoms with van der Waals surface area (Å²) in [7, 11) is 0. The quantitative estimate of drug-likeness (QED) is 0.609. The first-order valence-electron chi connectivity index (χ1n) is 2.13. The largest absolute Gasteiger partial charge is 0.481 e. The van der Waals surface area contributed by atoms with Gasteiger partial charge < -0.3 is 5.11 Å². The van der Waals surface area contributed by atoms with Gasteiger partial charge in [-0.1, -0.05) is 37.9 Å². The lowest BCUT2D eigenvalue weighted by Gasteiger charge is -1.70. The lowest BCUT2D eigenvalue weighted by molar-refractivity contribution is -0.133. The predicted molar refractivity (Wildman–Crippen MR) is 45.4 cm³/mol. The summed E-state index contributed by atoms with van der Waals surface area (Å²) in [5.41, 5.74) is 0. The van der Waals surface area contributed by atoms with Crippen molar-refractivity contribution in [2.24, 2.45) is 0 Å². The maximum absolute atomic E-state index is 9.32. The van der Waals surface area contributed by atoms with Crippen LogP contribution in [0.25, 0.3) is 0 Å². The van der Waals surface area contributed by atoms with Gasteiger partial charge >= 0.3 is 5.97 Å². The van der Waals surface area contributed by atoms with E-state index in [1.807, 2.05) is 0 Å². The minimum absolute atomic E-state index is 0.0347. The molecule has 0 aromatic rings. The van der Waals surface area contributed by atoms with E-state index in [2.05, 4.69) is 38.4 Å². The van der Waals surface area contributed by atoms with Gasteiger partial charge in [0.1, 0.15) is 5.33 Å². The Labute approximate surface area is 71.2 Å². The van der Waals surface area contributed by atoms with Gasteiger partial charge in [0.2, 0.25) is 0 Å². The van der Waals surface area contributed by atoms with Crippen LogP contribution in [-0.4, -0.2) is 21.7 Å². The number of rotatable bonds is 2. The van der Waals surface area contributed by atoms with Crippen LogP contribution in [0.4, 0.5) is 0 Å². The van der Waals surface area contributed by atoms with Crippen molar-refractivity contribution >= 4 is 37.8 Å². The number of carbonyl (C=O) groups is 1. The summed E-state index contributed by atoms with van der Waals surface area (Å²) in [6.45, 7) is 3.43. The van der Waals surface area contributed by atoms with Crippen molar-refractivity contribution in [3.8, 4) is 0 Å². The predicted octanol–water partition coefficient (Wildman–Crippen LogP) is 2.03. The third-order valence-corrected chi connectivity index (χ3v) is 1.16. The number of carboxylic acids is 1. The highest BCUT2D eigenvalue weighted by atomic mass is 79.9. The molecule has 0 amide bonds. The van der Waals surface area contributed by atoms with Gasteiger partial charge in [0.15, 0.2) is 0 Å². The van der Waals surface area contributed by atoms with Crippen LogP contribution >= 0.6 is 31.9 Å². The maximum atomic E-state index is 9.32. The molecule has 0 saturated carbocycles. The molecule has 9 heavy (non-hydrogen) atoms. The zero-order valence-electron chi connectivity index (χ0n) is 4.81. The monoisotopic (exact) mass is 258 g/mol. The Balaban J connectivity index is 0. The molecule has 0 aromatic carbocycles. The Kier molecular flexibility index (Phi) is 14.6. The van der Waals surface area contributed by atoms with Crippen LogP contribution in [0, 0.1) is 0 Å². The van der Waals surface area contributed by atoms with Crippen LogP contribution in [0.2, 0.25) is 0 Å². The number of allylic oxidation sites excluding steroid dienone is 1. The summed E-state index contributed by atoms with van der Waals surface area (Å²) in [6.07, 6.45) is 1.79. The average Bonchev–Trinajstić information content (AvgIpc) is 1.89. The standard InChI is InChI=1S/C3H5Br.C2H3BrO2/c1-2-3-4;3-1-2(4)5/h2H,1,3H2;1H2,(H,4,5). The minimum atomic E-state index is -0.829. The fraction of sp³-hybridized carbons (Fsp3) is 0.400. The highest BCUT2D eigenvalue weighted by Gasteiger charge is 1.83. The molecule has 0 saturated heterocycles. The molecule has 0 aliphatic rings. The van der Waals surface area contributed by atoms with E-state index in [9.17, 15) is 4.79 Å². The van der Waals surface area contributed by atoms with Crippen LogP contribution in [0.5, 0.6) is 0 Å². The molecule has 0 radical (unpaired) electrons. The molecule has 0 atom stereocenters. The summed E-state index contributed by atoms with van der Waals surface area (Å²) in [5.74, 6) is -0.829. The van der Waals surface area contributed by atoms with E-state index >= 15 is 0 Å². The number of alkyl halides is 2. The molecule has 0 unspecified atom stereocenters. The minimum Gasteiger partial charge on any atom is -0.481 e. The molecule has 0 aliphatic heterocycles. The molecule has 1 N–H and O–H groups in total. The molecule has 0 fully saturated rings. The third kappa shape index (κ3) is 31.0.